The maximum atomic E-state index is 15.4. The second-order valence-corrected chi connectivity index (χ2v) is 10.2. The third-order valence-electron chi connectivity index (χ3n) is 6.92. The van der Waals surface area contributed by atoms with Gasteiger partial charge in [0, 0.05) is 31.8 Å². The number of hydrogen-bond acceptors (Lipinski definition) is 4. The van der Waals surface area contributed by atoms with E-state index in [1.165, 1.54) is 11.9 Å². The number of rotatable bonds is 4. The van der Waals surface area contributed by atoms with Crippen LogP contribution in [0.2, 0.25) is 0 Å². The first-order valence-corrected chi connectivity index (χ1v) is 11.7. The number of morpholine rings is 1. The largest absolute Gasteiger partial charge is 0.465 e. The minimum Gasteiger partial charge on any atom is -0.465 e. The molecule has 1 saturated heterocycles. The van der Waals surface area contributed by atoms with Crippen LogP contribution in [-0.4, -0.2) is 63.7 Å². The van der Waals surface area contributed by atoms with Crippen LogP contribution in [0, 0.1) is 24.0 Å². The Labute approximate surface area is 207 Å². The highest BCUT2D eigenvalue weighted by molar-refractivity contribution is 5.94. The first kappa shape index (κ1) is 25.6. The van der Waals surface area contributed by atoms with E-state index in [0.717, 1.165) is 17.7 Å². The van der Waals surface area contributed by atoms with Crippen molar-refractivity contribution in [2.24, 2.45) is 5.41 Å². The predicted octanol–water partition coefficient (Wildman–Crippen LogP) is 4.29. The lowest BCUT2D eigenvalue weighted by atomic mass is 9.72. The lowest BCUT2D eigenvalue weighted by Crippen LogP contribution is -2.60. The van der Waals surface area contributed by atoms with E-state index in [9.17, 15) is 14.7 Å². The zero-order chi connectivity index (χ0) is 26.4. The number of aromatic nitrogens is 2. The fourth-order valence-electron chi connectivity index (χ4n) is 4.68. The molecular weight excluding hydrogens is 470 g/mol. The average Bonchev–Trinajstić information content (AvgIpc) is 3.13. The van der Waals surface area contributed by atoms with Crippen LogP contribution in [-0.2, 0) is 11.2 Å². The number of carbonyl (C=O) groups is 2. The summed E-state index contributed by atoms with van der Waals surface area (Å²) >= 11 is 0. The van der Waals surface area contributed by atoms with Crippen molar-refractivity contribution in [2.45, 2.75) is 39.7 Å². The highest BCUT2D eigenvalue weighted by Crippen LogP contribution is 2.42. The summed E-state index contributed by atoms with van der Waals surface area (Å²) < 4.78 is 38.8. The second-order valence-electron chi connectivity index (χ2n) is 10.2. The Morgan fingerprint density at radius 3 is 2.47 bits per heavy atom. The average molecular weight is 501 g/mol. The van der Waals surface area contributed by atoms with E-state index < -0.39 is 34.7 Å². The molecule has 1 atom stereocenters. The molecular formula is C26H30F2N4O4. The summed E-state index contributed by atoms with van der Waals surface area (Å²) in [4.78, 5) is 29.7. The van der Waals surface area contributed by atoms with E-state index in [-0.39, 0.29) is 42.9 Å². The number of amides is 2. The van der Waals surface area contributed by atoms with Gasteiger partial charge in [0.1, 0.15) is 17.3 Å². The van der Waals surface area contributed by atoms with E-state index in [0.29, 0.717) is 11.3 Å². The van der Waals surface area contributed by atoms with Gasteiger partial charge in [-0.15, -0.1) is 0 Å². The van der Waals surface area contributed by atoms with Crippen molar-refractivity contribution < 1.29 is 28.2 Å². The Bertz CT molecular complexity index is 1320. The summed E-state index contributed by atoms with van der Waals surface area (Å²) in [5.74, 6) is -2.45. The summed E-state index contributed by atoms with van der Waals surface area (Å²) in [6, 6.07) is 5.63. The second kappa shape index (κ2) is 9.16. The highest BCUT2D eigenvalue weighted by atomic mass is 19.1. The zero-order valence-corrected chi connectivity index (χ0v) is 21.0. The number of carbonyl (C=O) groups excluding carboxylic acids is 1. The van der Waals surface area contributed by atoms with Gasteiger partial charge in [-0.2, -0.15) is 0 Å². The van der Waals surface area contributed by atoms with Gasteiger partial charge < -0.3 is 24.5 Å². The number of benzene rings is 1. The van der Waals surface area contributed by atoms with E-state index >= 15 is 8.78 Å². The molecule has 36 heavy (non-hydrogen) atoms. The molecule has 3 heterocycles. The number of aryl methyl sites for hydroxylation is 1. The molecule has 10 heteroatoms. The minimum absolute atomic E-state index is 0.0822. The molecule has 0 spiro atoms. The van der Waals surface area contributed by atoms with Crippen molar-refractivity contribution in [1.82, 2.24) is 19.6 Å². The molecule has 1 aliphatic heterocycles. The summed E-state index contributed by atoms with van der Waals surface area (Å²) in [6.07, 6.45) is 0.873. The summed E-state index contributed by atoms with van der Waals surface area (Å²) in [7, 11) is 1.38. The van der Waals surface area contributed by atoms with Crippen LogP contribution in [0.3, 0.4) is 0 Å². The Balaban J connectivity index is 1.94. The number of halogens is 2. The fraction of sp³-hybridized carbons (Fsp3) is 0.423. The Morgan fingerprint density at radius 1 is 1.22 bits per heavy atom. The van der Waals surface area contributed by atoms with Crippen molar-refractivity contribution in [2.75, 3.05) is 26.7 Å². The van der Waals surface area contributed by atoms with Crippen molar-refractivity contribution in [3.8, 4) is 11.3 Å². The molecule has 1 fully saturated rings. The van der Waals surface area contributed by atoms with Gasteiger partial charge in [0.05, 0.1) is 35.7 Å². The molecule has 2 amide bonds. The number of carboxylic acid groups (broad SMARTS) is 1. The van der Waals surface area contributed by atoms with Crippen LogP contribution in [0.5, 0.6) is 0 Å². The van der Waals surface area contributed by atoms with Crippen molar-refractivity contribution >= 4 is 17.6 Å². The van der Waals surface area contributed by atoms with Gasteiger partial charge in [-0.1, -0.05) is 20.8 Å². The summed E-state index contributed by atoms with van der Waals surface area (Å²) in [6.45, 7) is 8.25. The van der Waals surface area contributed by atoms with Gasteiger partial charge >= 0.3 is 6.09 Å². The Morgan fingerprint density at radius 2 is 1.89 bits per heavy atom. The molecule has 0 saturated carbocycles. The summed E-state index contributed by atoms with van der Waals surface area (Å²) in [5, 5.41) is 12.0. The van der Waals surface area contributed by atoms with Crippen molar-refractivity contribution in [3.05, 3.63) is 58.9 Å². The maximum absolute atomic E-state index is 15.4. The maximum Gasteiger partial charge on any atom is 0.407 e. The lowest BCUT2D eigenvalue weighted by molar-refractivity contribution is -0.158. The Hall–Kier alpha value is -3.53. The molecule has 4 rings (SSSR count). The van der Waals surface area contributed by atoms with E-state index in [2.05, 4.69) is 10.3 Å². The molecule has 0 aliphatic carbocycles. The van der Waals surface area contributed by atoms with E-state index in [1.807, 2.05) is 33.8 Å². The van der Waals surface area contributed by atoms with Gasteiger partial charge in [-0.05, 0) is 42.2 Å². The SMILES string of the molecule is CNC(=O)c1cc(F)c(-c2nc3cc(C)ccn3c2C[C@]2(C(C)(C)C)CN(C(=O)O)CCO2)c(F)c1. The van der Waals surface area contributed by atoms with Crippen LogP contribution in [0.4, 0.5) is 13.6 Å². The first-order chi connectivity index (χ1) is 16.9. The molecule has 2 aromatic heterocycles. The minimum atomic E-state index is -1.05. The number of fused-ring (bicyclic) bond motifs is 1. The molecule has 0 bridgehead atoms. The standard InChI is InChI=1S/C26H30F2N4O4/c1-15-6-7-32-19(13-26(25(2,3)4)14-31(24(34)35)8-9-36-26)22(30-20(32)10-15)21-17(27)11-16(12-18(21)28)23(33)29-5/h6-7,10-12H,8-9,13-14H2,1-5H3,(H,29,33)(H,34,35)/t26-/m1/s1. The van der Waals surface area contributed by atoms with Gasteiger partial charge in [-0.3, -0.25) is 4.79 Å². The normalized spacial score (nSPS) is 18.5. The Kier molecular flexibility index (Phi) is 6.51. The summed E-state index contributed by atoms with van der Waals surface area (Å²) in [5.41, 5.74) is -0.0504. The smallest absolute Gasteiger partial charge is 0.407 e. The van der Waals surface area contributed by atoms with Crippen LogP contribution in [0.25, 0.3) is 16.9 Å². The van der Waals surface area contributed by atoms with Crippen molar-refractivity contribution in [1.29, 1.82) is 0 Å². The zero-order valence-electron chi connectivity index (χ0n) is 21.0. The quantitative estimate of drug-likeness (QED) is 0.557. The fourth-order valence-corrected chi connectivity index (χ4v) is 4.68. The van der Waals surface area contributed by atoms with Crippen LogP contribution in [0.15, 0.2) is 30.5 Å². The van der Waals surface area contributed by atoms with Gasteiger partial charge in [-0.25, -0.2) is 18.6 Å². The number of pyridine rings is 1. The van der Waals surface area contributed by atoms with Gasteiger partial charge in [0.2, 0.25) is 0 Å². The van der Waals surface area contributed by atoms with Gasteiger partial charge in [0.25, 0.3) is 5.91 Å². The number of hydrogen-bond donors (Lipinski definition) is 2. The molecule has 8 nitrogen and oxygen atoms in total. The van der Waals surface area contributed by atoms with E-state index in [1.54, 1.807) is 16.7 Å². The van der Waals surface area contributed by atoms with Gasteiger partial charge in [0.15, 0.2) is 0 Å². The molecule has 1 aromatic carbocycles. The molecule has 192 valence electrons. The molecule has 0 radical (unpaired) electrons. The third-order valence-corrected chi connectivity index (χ3v) is 6.92. The predicted molar refractivity (Wildman–Crippen MR) is 130 cm³/mol. The lowest BCUT2D eigenvalue weighted by Gasteiger charge is -2.49. The third kappa shape index (κ3) is 4.41. The molecule has 2 N–H and O–H groups in total. The van der Waals surface area contributed by atoms with Crippen molar-refractivity contribution in [3.63, 3.8) is 0 Å². The highest BCUT2D eigenvalue weighted by Gasteiger charge is 2.48. The monoisotopic (exact) mass is 500 g/mol. The molecule has 1 aliphatic rings. The molecule has 3 aromatic rings. The molecule has 0 unspecified atom stereocenters. The van der Waals surface area contributed by atoms with Crippen LogP contribution < -0.4 is 5.32 Å². The number of ether oxygens (including phenoxy) is 1. The first-order valence-electron chi connectivity index (χ1n) is 11.7. The van der Waals surface area contributed by atoms with Crippen LogP contribution >= 0.6 is 0 Å². The van der Waals surface area contributed by atoms with Crippen LogP contribution in [0.1, 0.15) is 42.4 Å². The number of nitrogens with zero attached hydrogens (tertiary/aromatic N) is 3. The topological polar surface area (TPSA) is 96.2 Å². The number of nitrogens with one attached hydrogen (secondary N) is 1. The number of imidazole rings is 1. The van der Waals surface area contributed by atoms with E-state index in [4.69, 9.17) is 4.74 Å².